The first-order valence-electron chi connectivity index (χ1n) is 10.0. The molecule has 3 rings (SSSR count). The Bertz CT molecular complexity index is 855. The van der Waals surface area contributed by atoms with Gasteiger partial charge in [-0.2, -0.15) is 5.26 Å². The Morgan fingerprint density at radius 3 is 2.31 bits per heavy atom. The molecular weight excluding hydrogens is 396 g/mol. The van der Waals surface area contributed by atoms with Crippen molar-refractivity contribution in [2.45, 2.75) is 45.6 Å². The van der Waals surface area contributed by atoms with Crippen LogP contribution in [-0.2, 0) is 0 Å². The first-order valence-corrected chi connectivity index (χ1v) is 11.9. The molecule has 0 spiro atoms. The van der Waals surface area contributed by atoms with Gasteiger partial charge in [0.15, 0.2) is 0 Å². The highest BCUT2D eigenvalue weighted by Gasteiger charge is 2.15. The zero-order valence-electron chi connectivity index (χ0n) is 17.7. The number of benzene rings is 1. The molecule has 1 N–H and O–H groups in total. The third kappa shape index (κ3) is 7.66. The van der Waals surface area contributed by atoms with Gasteiger partial charge >= 0.3 is 0 Å². The van der Waals surface area contributed by atoms with E-state index in [0.717, 1.165) is 45.3 Å². The van der Waals surface area contributed by atoms with Gasteiger partial charge in [-0.15, -0.1) is 23.1 Å². The largest absolute Gasteiger partial charge is 0.396 e. The second kappa shape index (κ2) is 14.8. The summed E-state index contributed by atoms with van der Waals surface area (Å²) in [6, 6.07) is 18.5. The van der Waals surface area contributed by atoms with E-state index in [1.54, 1.807) is 23.1 Å². The van der Waals surface area contributed by atoms with Gasteiger partial charge in [0.2, 0.25) is 0 Å². The molecule has 29 heavy (non-hydrogen) atoms. The van der Waals surface area contributed by atoms with Crippen molar-refractivity contribution in [2.24, 2.45) is 0 Å². The van der Waals surface area contributed by atoms with Crippen molar-refractivity contribution < 1.29 is 5.11 Å². The topological polar surface area (TPSA) is 56.9 Å². The van der Waals surface area contributed by atoms with Crippen LogP contribution in [0.1, 0.15) is 46.1 Å². The average molecular weight is 427 g/mol. The first-order chi connectivity index (χ1) is 14.2. The molecule has 0 bridgehead atoms. The lowest BCUT2D eigenvalue weighted by atomic mass is 10.0. The molecule has 0 aliphatic rings. The molecule has 1 aromatic carbocycles. The molecule has 0 aliphatic carbocycles. The van der Waals surface area contributed by atoms with Crippen molar-refractivity contribution in [2.75, 3.05) is 12.4 Å². The van der Waals surface area contributed by atoms with Crippen molar-refractivity contribution >= 4 is 23.1 Å². The van der Waals surface area contributed by atoms with Crippen molar-refractivity contribution in [3.63, 3.8) is 0 Å². The summed E-state index contributed by atoms with van der Waals surface area (Å²) in [4.78, 5) is 5.84. The van der Waals surface area contributed by atoms with Crippen molar-refractivity contribution in [3.8, 4) is 27.8 Å². The molecule has 2 heterocycles. The van der Waals surface area contributed by atoms with E-state index in [-0.39, 0.29) is 0 Å². The summed E-state index contributed by atoms with van der Waals surface area (Å²) in [5.74, 6) is 0.893. The lowest BCUT2D eigenvalue weighted by Gasteiger charge is -2.11. The SMILES string of the molecule is CC.CCCCO.CCSc1nc(-c2cccs2)cc(-c2ccccc2)c1C#N. The minimum Gasteiger partial charge on any atom is -0.396 e. The smallest absolute Gasteiger partial charge is 0.115 e. The van der Waals surface area contributed by atoms with E-state index in [2.05, 4.69) is 26.0 Å². The maximum atomic E-state index is 9.61. The maximum Gasteiger partial charge on any atom is 0.115 e. The van der Waals surface area contributed by atoms with Crippen LogP contribution in [0.5, 0.6) is 0 Å². The second-order valence-electron chi connectivity index (χ2n) is 5.70. The normalized spacial score (nSPS) is 9.52. The lowest BCUT2D eigenvalue weighted by molar-refractivity contribution is 0.287. The fourth-order valence-corrected chi connectivity index (χ4v) is 3.85. The van der Waals surface area contributed by atoms with Gasteiger partial charge in [-0.25, -0.2) is 4.98 Å². The van der Waals surface area contributed by atoms with Crippen LogP contribution in [-0.4, -0.2) is 22.5 Å². The van der Waals surface area contributed by atoms with Gasteiger partial charge in [0.1, 0.15) is 11.1 Å². The summed E-state index contributed by atoms with van der Waals surface area (Å²) < 4.78 is 0. The van der Waals surface area contributed by atoms with Gasteiger partial charge in [0.25, 0.3) is 0 Å². The molecule has 0 saturated carbocycles. The Morgan fingerprint density at radius 2 is 1.83 bits per heavy atom. The number of aliphatic hydroxyl groups excluding tert-OH is 1. The molecule has 0 saturated heterocycles. The van der Waals surface area contributed by atoms with E-state index in [4.69, 9.17) is 10.1 Å². The van der Waals surface area contributed by atoms with Gasteiger partial charge < -0.3 is 5.11 Å². The van der Waals surface area contributed by atoms with Gasteiger partial charge in [0, 0.05) is 12.2 Å². The predicted molar refractivity (Wildman–Crippen MR) is 127 cm³/mol. The van der Waals surface area contributed by atoms with Crippen LogP contribution < -0.4 is 0 Å². The monoisotopic (exact) mass is 426 g/mol. The third-order valence-electron chi connectivity index (χ3n) is 3.75. The highest BCUT2D eigenvalue weighted by Crippen LogP contribution is 2.35. The number of pyridine rings is 1. The Hall–Kier alpha value is -2.13. The number of thioether (sulfide) groups is 1. The van der Waals surface area contributed by atoms with Gasteiger partial charge in [-0.05, 0) is 35.2 Å². The molecule has 0 fully saturated rings. The van der Waals surface area contributed by atoms with Crippen LogP contribution in [0, 0.1) is 11.3 Å². The summed E-state index contributed by atoms with van der Waals surface area (Å²) >= 11 is 3.28. The predicted octanol–water partition coefficient (Wildman–Crippen LogP) is 7.27. The average Bonchev–Trinajstić information content (AvgIpc) is 3.31. The molecule has 0 unspecified atom stereocenters. The Kier molecular flexibility index (Phi) is 12.7. The van der Waals surface area contributed by atoms with Crippen molar-refractivity contribution in [3.05, 3.63) is 59.5 Å². The molecule has 2 aromatic heterocycles. The van der Waals surface area contributed by atoms with Gasteiger partial charge in [-0.3, -0.25) is 0 Å². The van der Waals surface area contributed by atoms with E-state index in [9.17, 15) is 5.26 Å². The fourth-order valence-electron chi connectivity index (χ4n) is 2.42. The molecule has 0 radical (unpaired) electrons. The molecule has 3 nitrogen and oxygen atoms in total. The van der Waals surface area contributed by atoms with Crippen molar-refractivity contribution in [1.29, 1.82) is 5.26 Å². The lowest BCUT2D eigenvalue weighted by Crippen LogP contribution is -1.95. The summed E-state index contributed by atoms with van der Waals surface area (Å²) in [7, 11) is 0. The number of rotatable bonds is 6. The standard InChI is InChI=1S/C18H14N2S2.C4H10O.C2H6/c1-2-21-18-15(12-19)14(13-7-4-3-5-8-13)11-16(20-18)17-9-6-10-22-17;1-2-3-4-5;1-2/h3-11H,2H2,1H3;5H,2-4H2,1H3;1-2H3. The van der Waals surface area contributed by atoms with Crippen LogP contribution in [0.4, 0.5) is 0 Å². The van der Waals surface area contributed by atoms with E-state index in [1.165, 1.54) is 0 Å². The number of nitriles is 1. The zero-order valence-corrected chi connectivity index (χ0v) is 19.3. The van der Waals surface area contributed by atoms with E-state index in [0.29, 0.717) is 12.2 Å². The van der Waals surface area contributed by atoms with E-state index >= 15 is 0 Å². The van der Waals surface area contributed by atoms with Crippen LogP contribution in [0.2, 0.25) is 0 Å². The molecule has 154 valence electrons. The van der Waals surface area contributed by atoms with Gasteiger partial charge in [-0.1, -0.05) is 70.5 Å². The number of thiophene rings is 1. The number of hydrogen-bond donors (Lipinski definition) is 1. The highest BCUT2D eigenvalue weighted by atomic mass is 32.2. The molecular formula is C24H30N2OS2. The molecule has 0 amide bonds. The Labute approximate surface area is 183 Å². The summed E-state index contributed by atoms with van der Waals surface area (Å²) in [6.07, 6.45) is 2.04. The van der Waals surface area contributed by atoms with Crippen molar-refractivity contribution in [1.82, 2.24) is 4.98 Å². The summed E-state index contributed by atoms with van der Waals surface area (Å²) in [6.45, 7) is 8.47. The van der Waals surface area contributed by atoms with Crippen LogP contribution >= 0.6 is 23.1 Å². The quantitative estimate of drug-likeness (QED) is 0.421. The highest BCUT2D eigenvalue weighted by molar-refractivity contribution is 7.99. The molecule has 0 aliphatic heterocycles. The number of aromatic nitrogens is 1. The number of hydrogen-bond acceptors (Lipinski definition) is 5. The number of unbranched alkanes of at least 4 members (excludes halogenated alkanes) is 1. The maximum absolute atomic E-state index is 9.61. The van der Waals surface area contributed by atoms with Crippen LogP contribution in [0.3, 0.4) is 0 Å². The van der Waals surface area contributed by atoms with E-state index in [1.807, 2.05) is 61.7 Å². The Balaban J connectivity index is 0.000000527. The van der Waals surface area contributed by atoms with Crippen LogP contribution in [0.25, 0.3) is 21.7 Å². The summed E-state index contributed by atoms with van der Waals surface area (Å²) in [5.41, 5.74) is 3.61. The molecule has 3 aromatic rings. The second-order valence-corrected chi connectivity index (χ2v) is 7.90. The minimum atomic E-state index is 0.344. The van der Waals surface area contributed by atoms with Crippen LogP contribution in [0.15, 0.2) is 58.9 Å². The zero-order chi connectivity index (χ0) is 21.5. The fraction of sp³-hybridized carbons (Fsp3) is 0.333. The minimum absolute atomic E-state index is 0.344. The molecule has 0 atom stereocenters. The molecule has 5 heteroatoms. The van der Waals surface area contributed by atoms with E-state index < -0.39 is 0 Å². The van der Waals surface area contributed by atoms with Gasteiger partial charge in [0.05, 0.1) is 16.1 Å². The number of nitrogens with zero attached hydrogens (tertiary/aromatic N) is 2. The summed E-state index contributed by atoms with van der Waals surface area (Å²) in [5, 5.41) is 20.5. The third-order valence-corrected chi connectivity index (χ3v) is 5.50. The Morgan fingerprint density at radius 1 is 1.10 bits per heavy atom. The first kappa shape index (κ1) is 24.9. The number of aliphatic hydroxyl groups is 1.